The monoisotopic (exact) mass is 312 g/mol. The summed E-state index contributed by atoms with van der Waals surface area (Å²) >= 11 is 0. The van der Waals surface area contributed by atoms with Gasteiger partial charge in [-0.25, -0.2) is 21.9 Å². The summed E-state index contributed by atoms with van der Waals surface area (Å²) in [4.78, 5) is -0.490. The van der Waals surface area contributed by atoms with E-state index < -0.39 is 26.6 Å². The summed E-state index contributed by atoms with van der Waals surface area (Å²) in [7, 11) is -4.06. The minimum Gasteiger partial charge on any atom is -0.326 e. The summed E-state index contributed by atoms with van der Waals surface area (Å²) in [6.07, 6.45) is 0. The highest BCUT2D eigenvalue weighted by atomic mass is 32.2. The topological polar surface area (TPSA) is 72.2 Å². The van der Waals surface area contributed by atoms with Crippen LogP contribution in [0, 0.1) is 11.6 Å². The molecule has 2 aromatic rings. The van der Waals surface area contributed by atoms with E-state index in [4.69, 9.17) is 5.73 Å². The third kappa shape index (κ3) is 3.63. The average Bonchev–Trinajstić information content (AvgIpc) is 2.46. The molecule has 21 heavy (non-hydrogen) atoms. The molecule has 0 aliphatic carbocycles. The van der Waals surface area contributed by atoms with Crippen molar-refractivity contribution < 1.29 is 17.2 Å². The summed E-state index contributed by atoms with van der Waals surface area (Å²) in [5, 5.41) is 0. The van der Waals surface area contributed by atoms with E-state index in [1.807, 2.05) is 0 Å². The van der Waals surface area contributed by atoms with Crippen LogP contribution in [0.3, 0.4) is 0 Å². The van der Waals surface area contributed by atoms with Crippen LogP contribution in [0.4, 0.5) is 8.78 Å². The molecule has 0 aromatic heterocycles. The van der Waals surface area contributed by atoms with Gasteiger partial charge in [0.05, 0.1) is 0 Å². The van der Waals surface area contributed by atoms with E-state index in [1.54, 1.807) is 6.07 Å². The first kappa shape index (κ1) is 15.6. The van der Waals surface area contributed by atoms with Crippen molar-refractivity contribution in [3.8, 4) is 0 Å². The van der Waals surface area contributed by atoms with Gasteiger partial charge >= 0.3 is 0 Å². The second kappa shape index (κ2) is 6.30. The number of hydrogen-bond donors (Lipinski definition) is 2. The Bertz CT molecular complexity index is 748. The predicted molar refractivity (Wildman–Crippen MR) is 74.7 cm³/mol. The van der Waals surface area contributed by atoms with Gasteiger partial charge < -0.3 is 5.73 Å². The first-order chi connectivity index (χ1) is 9.94. The number of sulfonamides is 1. The van der Waals surface area contributed by atoms with Crippen molar-refractivity contribution in [3.63, 3.8) is 0 Å². The Hall–Kier alpha value is -1.83. The highest BCUT2D eigenvalue weighted by Crippen LogP contribution is 2.16. The van der Waals surface area contributed by atoms with Gasteiger partial charge in [-0.3, -0.25) is 0 Å². The first-order valence-corrected chi connectivity index (χ1v) is 7.64. The molecule has 0 aliphatic rings. The minimum absolute atomic E-state index is 0.111. The summed E-state index contributed by atoms with van der Waals surface area (Å²) < 4.78 is 53.4. The van der Waals surface area contributed by atoms with E-state index in [2.05, 4.69) is 4.72 Å². The van der Waals surface area contributed by atoms with Gasteiger partial charge in [-0.15, -0.1) is 0 Å². The van der Waals surface area contributed by atoms with E-state index in [1.165, 1.54) is 24.3 Å². The van der Waals surface area contributed by atoms with Crippen molar-refractivity contribution in [3.05, 3.63) is 65.2 Å². The number of halogens is 2. The molecule has 0 amide bonds. The van der Waals surface area contributed by atoms with Gasteiger partial charge in [-0.1, -0.05) is 24.3 Å². The normalized spacial score (nSPS) is 11.6. The maximum Gasteiger partial charge on any atom is 0.243 e. The molecule has 2 rings (SSSR count). The van der Waals surface area contributed by atoms with E-state index >= 15 is 0 Å². The van der Waals surface area contributed by atoms with Gasteiger partial charge in [-0.2, -0.15) is 0 Å². The molecule has 4 nitrogen and oxygen atoms in total. The van der Waals surface area contributed by atoms with Gasteiger partial charge in [0.15, 0.2) is 0 Å². The number of rotatable bonds is 5. The number of nitrogens with two attached hydrogens (primary N) is 1. The number of nitrogens with one attached hydrogen (secondary N) is 1. The van der Waals surface area contributed by atoms with Crippen molar-refractivity contribution in [2.45, 2.75) is 18.0 Å². The maximum atomic E-state index is 13.8. The lowest BCUT2D eigenvalue weighted by molar-refractivity contribution is 0.553. The molecular formula is C14H14F2N2O2S. The van der Waals surface area contributed by atoms with Crippen molar-refractivity contribution in [1.82, 2.24) is 4.72 Å². The van der Waals surface area contributed by atoms with Crippen LogP contribution in [-0.2, 0) is 23.1 Å². The molecule has 0 heterocycles. The molecule has 0 unspecified atom stereocenters. The molecule has 0 saturated heterocycles. The fourth-order valence-electron chi connectivity index (χ4n) is 1.78. The standard InChI is InChI=1S/C14H14F2N2O2S/c15-12-4-2-1-3-11(12)9-18-21(19,20)14-6-5-10(8-17)7-13(14)16/h1-7,18H,8-9,17H2. The van der Waals surface area contributed by atoms with Gasteiger partial charge in [0.25, 0.3) is 0 Å². The van der Waals surface area contributed by atoms with Crippen molar-refractivity contribution in [1.29, 1.82) is 0 Å². The Morgan fingerprint density at radius 1 is 1.05 bits per heavy atom. The number of benzene rings is 2. The van der Waals surface area contributed by atoms with E-state index in [9.17, 15) is 17.2 Å². The van der Waals surface area contributed by atoms with Crippen LogP contribution in [0.2, 0.25) is 0 Å². The largest absolute Gasteiger partial charge is 0.326 e. The molecular weight excluding hydrogens is 298 g/mol. The van der Waals surface area contributed by atoms with Crippen molar-refractivity contribution in [2.75, 3.05) is 0 Å². The molecule has 0 aliphatic heterocycles. The lowest BCUT2D eigenvalue weighted by Crippen LogP contribution is -2.24. The zero-order valence-electron chi connectivity index (χ0n) is 11.0. The Kier molecular flexibility index (Phi) is 4.66. The second-order valence-corrected chi connectivity index (χ2v) is 6.12. The zero-order valence-corrected chi connectivity index (χ0v) is 11.8. The molecule has 0 bridgehead atoms. The lowest BCUT2D eigenvalue weighted by atomic mass is 10.2. The molecule has 0 radical (unpaired) electrons. The molecule has 2 aromatic carbocycles. The van der Waals surface area contributed by atoms with Crippen LogP contribution in [0.25, 0.3) is 0 Å². The van der Waals surface area contributed by atoms with E-state index in [0.29, 0.717) is 5.56 Å². The molecule has 112 valence electrons. The van der Waals surface area contributed by atoms with Crippen LogP contribution in [0.5, 0.6) is 0 Å². The number of hydrogen-bond acceptors (Lipinski definition) is 3. The smallest absolute Gasteiger partial charge is 0.243 e. The van der Waals surface area contributed by atoms with Gasteiger partial charge in [0.2, 0.25) is 10.0 Å². The SMILES string of the molecule is NCc1ccc(S(=O)(=O)NCc2ccccc2F)c(F)c1. The van der Waals surface area contributed by atoms with Gasteiger partial charge in [0, 0.05) is 18.7 Å². The molecule has 0 spiro atoms. The minimum atomic E-state index is -4.06. The van der Waals surface area contributed by atoms with Crippen molar-refractivity contribution in [2.24, 2.45) is 5.73 Å². The zero-order chi connectivity index (χ0) is 15.5. The molecule has 0 fully saturated rings. The van der Waals surface area contributed by atoms with E-state index in [-0.39, 0.29) is 18.7 Å². The predicted octanol–water partition coefficient (Wildman–Crippen LogP) is 1.90. The Labute approximate surface area is 121 Å². The van der Waals surface area contributed by atoms with Crippen LogP contribution < -0.4 is 10.5 Å². The Morgan fingerprint density at radius 2 is 1.76 bits per heavy atom. The fourth-order valence-corrected chi connectivity index (χ4v) is 2.85. The highest BCUT2D eigenvalue weighted by Gasteiger charge is 2.19. The van der Waals surface area contributed by atoms with Gasteiger partial charge in [0.1, 0.15) is 16.5 Å². The Balaban J connectivity index is 2.21. The van der Waals surface area contributed by atoms with Crippen LogP contribution in [0.15, 0.2) is 47.4 Å². The first-order valence-electron chi connectivity index (χ1n) is 6.15. The molecule has 0 atom stereocenters. The van der Waals surface area contributed by atoms with Crippen LogP contribution in [0.1, 0.15) is 11.1 Å². The summed E-state index contributed by atoms with van der Waals surface area (Å²) in [6, 6.07) is 9.40. The van der Waals surface area contributed by atoms with Crippen LogP contribution >= 0.6 is 0 Å². The molecule has 7 heteroatoms. The fraction of sp³-hybridized carbons (Fsp3) is 0.143. The maximum absolute atomic E-state index is 13.8. The molecule has 3 N–H and O–H groups in total. The van der Waals surface area contributed by atoms with E-state index in [0.717, 1.165) is 12.1 Å². The lowest BCUT2D eigenvalue weighted by Gasteiger charge is -2.09. The van der Waals surface area contributed by atoms with Gasteiger partial charge in [-0.05, 0) is 23.8 Å². The van der Waals surface area contributed by atoms with Crippen molar-refractivity contribution >= 4 is 10.0 Å². The third-order valence-electron chi connectivity index (χ3n) is 2.93. The summed E-state index contributed by atoms with van der Waals surface area (Å²) in [6.45, 7) is -0.146. The average molecular weight is 312 g/mol. The third-order valence-corrected chi connectivity index (χ3v) is 4.37. The quantitative estimate of drug-likeness (QED) is 0.886. The molecule has 0 saturated carbocycles. The summed E-state index contributed by atoms with van der Waals surface area (Å²) in [5.74, 6) is -1.42. The second-order valence-electron chi connectivity index (χ2n) is 4.38. The Morgan fingerprint density at radius 3 is 2.38 bits per heavy atom. The highest BCUT2D eigenvalue weighted by molar-refractivity contribution is 7.89. The van der Waals surface area contributed by atoms with Crippen LogP contribution in [-0.4, -0.2) is 8.42 Å². The summed E-state index contributed by atoms with van der Waals surface area (Å²) in [5.41, 5.74) is 6.02.